The summed E-state index contributed by atoms with van der Waals surface area (Å²) in [7, 11) is 0. The molecule has 0 saturated carbocycles. The third-order valence-corrected chi connectivity index (χ3v) is 6.25. The maximum atomic E-state index is 13.1. The molecule has 2 saturated heterocycles. The second-order valence-corrected chi connectivity index (χ2v) is 8.42. The number of amides is 3. The maximum Gasteiger partial charge on any atom is 0.327 e. The van der Waals surface area contributed by atoms with E-state index in [1.54, 1.807) is 23.1 Å². The Morgan fingerprint density at radius 2 is 1.75 bits per heavy atom. The Hall–Kier alpha value is -3.68. The topological polar surface area (TPSA) is 89.6 Å². The van der Waals surface area contributed by atoms with Crippen LogP contribution in [0.2, 0.25) is 0 Å². The summed E-state index contributed by atoms with van der Waals surface area (Å²) in [6, 6.07) is 17.0. The van der Waals surface area contributed by atoms with E-state index in [1.165, 1.54) is 10.6 Å². The molecule has 3 amide bonds. The van der Waals surface area contributed by atoms with Gasteiger partial charge in [-0.2, -0.15) is 0 Å². The van der Waals surface area contributed by atoms with Crippen LogP contribution < -0.4 is 10.5 Å². The van der Waals surface area contributed by atoms with E-state index >= 15 is 0 Å². The first-order valence-electron chi connectivity index (χ1n) is 11.0. The number of aromatic amines is 1. The van der Waals surface area contributed by atoms with Gasteiger partial charge in [-0.3, -0.25) is 14.5 Å². The molecule has 32 heavy (non-hydrogen) atoms. The van der Waals surface area contributed by atoms with Crippen molar-refractivity contribution in [2.45, 2.75) is 19.4 Å². The Balaban J connectivity index is 1.27. The van der Waals surface area contributed by atoms with E-state index in [2.05, 4.69) is 27.0 Å². The molecule has 1 N–H and O–H groups in total. The lowest BCUT2D eigenvalue weighted by molar-refractivity contribution is -0.131. The zero-order chi connectivity index (χ0) is 22.1. The van der Waals surface area contributed by atoms with Crippen LogP contribution in [0, 0.1) is 5.92 Å². The number of nitrogens with zero attached hydrogens (tertiary/aromatic N) is 4. The molecule has 1 atom stereocenters. The Bertz CT molecular complexity index is 1210. The summed E-state index contributed by atoms with van der Waals surface area (Å²) in [6.07, 6.45) is 1.21. The fraction of sp³-hybridized carbons (Fsp3) is 0.333. The number of anilines is 1. The van der Waals surface area contributed by atoms with Crippen LogP contribution in [0.15, 0.2) is 59.4 Å². The molecule has 164 valence electrons. The molecule has 2 aliphatic rings. The highest BCUT2D eigenvalue weighted by molar-refractivity contribution is 5.96. The lowest BCUT2D eigenvalue weighted by Crippen LogP contribution is -2.53. The zero-order valence-electron chi connectivity index (χ0n) is 17.7. The van der Waals surface area contributed by atoms with Crippen molar-refractivity contribution in [1.29, 1.82) is 0 Å². The van der Waals surface area contributed by atoms with Crippen molar-refractivity contribution >= 4 is 28.5 Å². The Morgan fingerprint density at radius 3 is 2.59 bits per heavy atom. The summed E-state index contributed by atoms with van der Waals surface area (Å²) in [6.45, 7) is 2.64. The van der Waals surface area contributed by atoms with E-state index in [4.69, 9.17) is 0 Å². The van der Waals surface area contributed by atoms with Gasteiger partial charge in [0.1, 0.15) is 5.82 Å². The van der Waals surface area contributed by atoms with Gasteiger partial charge in [0.2, 0.25) is 5.91 Å². The number of carbonyl (C=O) groups excluding carboxylic acids is 2. The molecule has 2 aliphatic heterocycles. The second kappa shape index (κ2) is 8.45. The molecule has 3 aromatic rings. The van der Waals surface area contributed by atoms with E-state index in [0.717, 1.165) is 19.5 Å². The van der Waals surface area contributed by atoms with Crippen molar-refractivity contribution in [3.63, 3.8) is 0 Å². The summed E-state index contributed by atoms with van der Waals surface area (Å²) in [5, 5.41) is 0.516. The largest absolute Gasteiger partial charge is 0.371 e. The predicted molar refractivity (Wildman–Crippen MR) is 121 cm³/mol. The first kappa shape index (κ1) is 20.2. The minimum atomic E-state index is -0.310. The van der Waals surface area contributed by atoms with Crippen LogP contribution >= 0.6 is 0 Å². The van der Waals surface area contributed by atoms with E-state index in [0.29, 0.717) is 29.8 Å². The standard InChI is InChI=1S/C24H25N5O3/c30-22-11-13-28(16-21-25-20-9-5-4-8-19(20)23(31)26-21)24(32)29(22)15-17-10-12-27(14-17)18-6-2-1-3-7-18/h1-9,17H,10-16H2,(H,25,26,31). The van der Waals surface area contributed by atoms with Crippen LogP contribution in [0.1, 0.15) is 18.7 Å². The molecule has 0 aliphatic carbocycles. The molecule has 3 heterocycles. The Kier molecular flexibility index (Phi) is 5.34. The molecule has 0 bridgehead atoms. The molecule has 0 spiro atoms. The lowest BCUT2D eigenvalue weighted by Gasteiger charge is -2.35. The fourth-order valence-corrected chi connectivity index (χ4v) is 4.57. The number of fused-ring (bicyclic) bond motifs is 1. The van der Waals surface area contributed by atoms with Gasteiger partial charge >= 0.3 is 6.03 Å². The van der Waals surface area contributed by atoms with Crippen molar-refractivity contribution in [1.82, 2.24) is 19.8 Å². The fourth-order valence-electron chi connectivity index (χ4n) is 4.57. The number of nitrogens with one attached hydrogen (secondary N) is 1. The van der Waals surface area contributed by atoms with Crippen LogP contribution in [-0.2, 0) is 11.3 Å². The van der Waals surface area contributed by atoms with Crippen molar-refractivity contribution in [2.75, 3.05) is 31.1 Å². The highest BCUT2D eigenvalue weighted by Crippen LogP contribution is 2.25. The predicted octanol–water partition coefficient (Wildman–Crippen LogP) is 2.60. The number of rotatable bonds is 5. The van der Waals surface area contributed by atoms with Crippen molar-refractivity contribution < 1.29 is 9.59 Å². The van der Waals surface area contributed by atoms with Gasteiger partial charge in [0.05, 0.1) is 17.4 Å². The molecule has 0 radical (unpaired) electrons. The average Bonchev–Trinajstić information content (AvgIpc) is 3.28. The van der Waals surface area contributed by atoms with Crippen molar-refractivity contribution in [3.8, 4) is 0 Å². The minimum Gasteiger partial charge on any atom is -0.371 e. The highest BCUT2D eigenvalue weighted by Gasteiger charge is 2.35. The summed E-state index contributed by atoms with van der Waals surface area (Å²) < 4.78 is 0. The van der Waals surface area contributed by atoms with Gasteiger partial charge in [-0.15, -0.1) is 0 Å². The lowest BCUT2D eigenvalue weighted by atomic mass is 10.1. The van der Waals surface area contributed by atoms with Crippen LogP contribution in [0.25, 0.3) is 10.9 Å². The first-order valence-corrected chi connectivity index (χ1v) is 11.0. The quantitative estimate of drug-likeness (QED) is 0.671. The average molecular weight is 431 g/mol. The van der Waals surface area contributed by atoms with Gasteiger partial charge < -0.3 is 14.8 Å². The molecule has 2 fully saturated rings. The number of hydrogen-bond acceptors (Lipinski definition) is 5. The number of carbonyl (C=O) groups is 2. The van der Waals surface area contributed by atoms with Crippen LogP contribution in [-0.4, -0.2) is 57.9 Å². The van der Waals surface area contributed by atoms with Gasteiger partial charge in [-0.1, -0.05) is 30.3 Å². The molecule has 5 rings (SSSR count). The van der Waals surface area contributed by atoms with Crippen LogP contribution in [0.3, 0.4) is 0 Å². The number of benzene rings is 2. The van der Waals surface area contributed by atoms with Crippen molar-refractivity contribution in [3.05, 3.63) is 70.8 Å². The van der Waals surface area contributed by atoms with Gasteiger partial charge in [0.25, 0.3) is 5.56 Å². The van der Waals surface area contributed by atoms with E-state index in [1.807, 2.05) is 24.3 Å². The third-order valence-electron chi connectivity index (χ3n) is 6.25. The summed E-state index contributed by atoms with van der Waals surface area (Å²) in [5.74, 6) is 0.526. The molecule has 1 aromatic heterocycles. The molecule has 8 nitrogen and oxygen atoms in total. The monoisotopic (exact) mass is 431 g/mol. The van der Waals surface area contributed by atoms with E-state index in [9.17, 15) is 14.4 Å². The Morgan fingerprint density at radius 1 is 0.969 bits per heavy atom. The smallest absolute Gasteiger partial charge is 0.327 e. The number of imide groups is 1. The van der Waals surface area contributed by atoms with Crippen LogP contribution in [0.4, 0.5) is 10.5 Å². The number of urea groups is 1. The van der Waals surface area contributed by atoms with Gasteiger partial charge in [0.15, 0.2) is 0 Å². The number of para-hydroxylation sites is 2. The maximum absolute atomic E-state index is 13.1. The second-order valence-electron chi connectivity index (χ2n) is 8.42. The molecular weight excluding hydrogens is 406 g/mol. The zero-order valence-corrected chi connectivity index (χ0v) is 17.7. The molecule has 8 heteroatoms. The van der Waals surface area contributed by atoms with E-state index < -0.39 is 0 Å². The minimum absolute atomic E-state index is 0.135. The number of H-pyrrole nitrogens is 1. The highest BCUT2D eigenvalue weighted by atomic mass is 16.2. The SMILES string of the molecule is O=C1CCN(Cc2nc3ccccc3c(=O)[nH]2)C(=O)N1CC1CCN(c2ccccc2)C1. The molecule has 1 unspecified atom stereocenters. The molecule has 2 aromatic carbocycles. The molecular formula is C24H25N5O3. The van der Waals surface area contributed by atoms with E-state index in [-0.39, 0.29) is 36.4 Å². The van der Waals surface area contributed by atoms with Gasteiger partial charge in [-0.05, 0) is 36.6 Å². The summed E-state index contributed by atoms with van der Waals surface area (Å²) in [5.41, 5.74) is 1.53. The summed E-state index contributed by atoms with van der Waals surface area (Å²) >= 11 is 0. The number of hydrogen-bond donors (Lipinski definition) is 1. The Labute approximate surface area is 185 Å². The van der Waals surface area contributed by atoms with Gasteiger partial charge in [-0.25, -0.2) is 9.78 Å². The van der Waals surface area contributed by atoms with Gasteiger partial charge in [0, 0.05) is 38.3 Å². The summed E-state index contributed by atoms with van der Waals surface area (Å²) in [4.78, 5) is 50.6. The first-order chi connectivity index (χ1) is 15.6. The van der Waals surface area contributed by atoms with Crippen molar-refractivity contribution in [2.24, 2.45) is 5.92 Å². The number of aromatic nitrogens is 2. The third kappa shape index (κ3) is 3.95. The van der Waals surface area contributed by atoms with Crippen LogP contribution in [0.5, 0.6) is 0 Å². The normalized spacial score (nSPS) is 19.2.